The average molecular weight is 930 g/mol. The first kappa shape index (κ1) is 40.6. The van der Waals surface area contributed by atoms with Gasteiger partial charge in [0.05, 0.1) is 61.1 Å². The van der Waals surface area contributed by atoms with Crippen LogP contribution in [0.5, 0.6) is 0 Å². The highest BCUT2D eigenvalue weighted by atomic mass is 19.2. The van der Waals surface area contributed by atoms with E-state index in [1.165, 1.54) is 6.07 Å². The molecule has 14 rings (SSSR count). The maximum atomic E-state index is 16.7. The van der Waals surface area contributed by atoms with E-state index in [2.05, 4.69) is 39.5 Å². The first-order valence-corrected chi connectivity index (χ1v) is 23.0. The molecule has 5 nitrogen and oxygen atoms in total. The van der Waals surface area contributed by atoms with Crippen LogP contribution in [0.3, 0.4) is 0 Å². The number of nitriles is 1. The van der Waals surface area contributed by atoms with Crippen molar-refractivity contribution in [2.24, 2.45) is 0 Å². The zero-order valence-electron chi connectivity index (χ0n) is 37.1. The lowest BCUT2D eigenvalue weighted by Crippen LogP contribution is -2.10. The fraction of sp³-hybridized carbons (Fsp3) is 0. The van der Waals surface area contributed by atoms with E-state index >= 15 is 17.6 Å². The predicted octanol–water partition coefficient (Wildman–Crippen LogP) is 16.3. The number of nitrogens with zero attached hydrogens (tertiary/aromatic N) is 5. The monoisotopic (exact) mass is 929 g/mol. The number of halogens is 5. The van der Waals surface area contributed by atoms with Crippen LogP contribution in [-0.4, -0.2) is 18.3 Å². The Morgan fingerprint density at radius 1 is 0.310 bits per heavy atom. The van der Waals surface area contributed by atoms with Gasteiger partial charge in [-0.2, -0.15) is 5.26 Å². The van der Waals surface area contributed by atoms with E-state index in [1.54, 1.807) is 10.6 Å². The minimum atomic E-state index is -2.28. The Labute approximate surface area is 399 Å². The number of rotatable bonds is 5. The molecular formula is C61H32F5N5. The van der Waals surface area contributed by atoms with Crippen molar-refractivity contribution in [2.75, 3.05) is 0 Å². The summed E-state index contributed by atoms with van der Waals surface area (Å²) >= 11 is 0. The summed E-state index contributed by atoms with van der Waals surface area (Å²) in [7, 11) is 0. The predicted molar refractivity (Wildman–Crippen MR) is 274 cm³/mol. The smallest absolute Gasteiger partial charge is 0.200 e. The molecule has 10 aromatic carbocycles. The van der Waals surface area contributed by atoms with Gasteiger partial charge in [-0.3, -0.25) is 0 Å². The van der Waals surface area contributed by atoms with Crippen LogP contribution in [-0.2, 0) is 0 Å². The van der Waals surface area contributed by atoms with Gasteiger partial charge in [-0.25, -0.2) is 22.0 Å². The Balaban J connectivity index is 1.23. The molecule has 0 saturated heterocycles. The van der Waals surface area contributed by atoms with E-state index in [1.807, 2.05) is 162 Å². The van der Waals surface area contributed by atoms with Crippen molar-refractivity contribution in [3.05, 3.63) is 229 Å². The van der Waals surface area contributed by atoms with Crippen LogP contribution in [0.1, 0.15) is 5.56 Å². The van der Waals surface area contributed by atoms with E-state index in [0.717, 1.165) is 82.0 Å². The summed E-state index contributed by atoms with van der Waals surface area (Å²) < 4.78 is 87.8. The largest absolute Gasteiger partial charge is 0.307 e. The van der Waals surface area contributed by atoms with Crippen molar-refractivity contribution in [1.82, 2.24) is 18.3 Å². The molecule has 336 valence electrons. The number of hydrogen-bond donors (Lipinski definition) is 0. The van der Waals surface area contributed by atoms with E-state index in [4.69, 9.17) is 0 Å². The third-order valence-corrected chi connectivity index (χ3v) is 14.2. The summed E-state index contributed by atoms with van der Waals surface area (Å²) in [6.45, 7) is 0. The van der Waals surface area contributed by atoms with E-state index in [0.29, 0.717) is 22.2 Å². The SMILES string of the molecule is N#Cc1c(-n2c3ccccc3c3ccc4c5ccccc5n(-c5ccccc5)c4c32)ccc(-c2c(F)c(F)c(F)c(F)c2F)c1-n1c2ccccc2c2ccc3c4ccccc4n(-c4ccccc4)c3c21. The minimum Gasteiger partial charge on any atom is -0.307 e. The van der Waals surface area contributed by atoms with E-state index in [9.17, 15) is 9.65 Å². The molecule has 0 spiro atoms. The fourth-order valence-corrected chi connectivity index (χ4v) is 11.3. The number of fused-ring (bicyclic) bond motifs is 14. The first-order valence-electron chi connectivity index (χ1n) is 23.0. The van der Waals surface area contributed by atoms with Gasteiger partial charge in [0.15, 0.2) is 23.3 Å². The lowest BCUT2D eigenvalue weighted by Gasteiger charge is -2.21. The normalized spacial score (nSPS) is 12.0. The summed E-state index contributed by atoms with van der Waals surface area (Å²) in [5.41, 5.74) is 6.27. The quantitative estimate of drug-likeness (QED) is 0.0963. The third-order valence-electron chi connectivity index (χ3n) is 14.2. The van der Waals surface area contributed by atoms with Crippen LogP contribution in [0.15, 0.2) is 194 Å². The molecule has 0 aliphatic rings. The van der Waals surface area contributed by atoms with Crippen molar-refractivity contribution < 1.29 is 22.0 Å². The van der Waals surface area contributed by atoms with E-state index in [-0.39, 0.29) is 16.8 Å². The Hall–Kier alpha value is -9.46. The highest BCUT2D eigenvalue weighted by Crippen LogP contribution is 2.48. The summed E-state index contributed by atoms with van der Waals surface area (Å²) in [6, 6.07) is 64.7. The van der Waals surface area contributed by atoms with Crippen LogP contribution in [0.25, 0.3) is 121 Å². The molecule has 0 bridgehead atoms. The second-order valence-corrected chi connectivity index (χ2v) is 17.7. The van der Waals surface area contributed by atoms with Gasteiger partial charge < -0.3 is 18.3 Å². The van der Waals surface area contributed by atoms with Gasteiger partial charge in [-0.1, -0.05) is 133 Å². The number of hydrogen-bond acceptors (Lipinski definition) is 1. The van der Waals surface area contributed by atoms with Gasteiger partial charge in [-0.15, -0.1) is 0 Å². The molecule has 14 aromatic rings. The van der Waals surface area contributed by atoms with Crippen LogP contribution < -0.4 is 0 Å². The lowest BCUT2D eigenvalue weighted by atomic mass is 9.96. The fourth-order valence-electron chi connectivity index (χ4n) is 11.3. The summed E-state index contributed by atoms with van der Waals surface area (Å²) in [6.07, 6.45) is 0. The Kier molecular flexibility index (Phi) is 8.59. The molecule has 4 heterocycles. The maximum absolute atomic E-state index is 16.7. The molecule has 10 heteroatoms. The van der Waals surface area contributed by atoms with Gasteiger partial charge >= 0.3 is 0 Å². The zero-order valence-corrected chi connectivity index (χ0v) is 37.1. The van der Waals surface area contributed by atoms with Crippen molar-refractivity contribution in [3.63, 3.8) is 0 Å². The first-order chi connectivity index (χ1) is 34.9. The molecular weight excluding hydrogens is 898 g/mol. The number of para-hydroxylation sites is 6. The number of aromatic nitrogens is 4. The topological polar surface area (TPSA) is 43.5 Å². The molecule has 0 atom stereocenters. The molecule has 4 aromatic heterocycles. The third kappa shape index (κ3) is 5.43. The Morgan fingerprint density at radius 2 is 0.648 bits per heavy atom. The van der Waals surface area contributed by atoms with Crippen LogP contribution in [0, 0.1) is 40.4 Å². The van der Waals surface area contributed by atoms with Gasteiger partial charge in [0.25, 0.3) is 0 Å². The second-order valence-electron chi connectivity index (χ2n) is 17.7. The lowest BCUT2D eigenvalue weighted by molar-refractivity contribution is 0.381. The van der Waals surface area contributed by atoms with Gasteiger partial charge in [-0.05, 0) is 60.7 Å². The molecule has 0 fully saturated rings. The highest BCUT2D eigenvalue weighted by Gasteiger charge is 2.33. The standard InChI is InChI=1S/C61H32F5N5/c62-52-51(53(63)55(65)56(66)54(52)64)44-31-32-50(70-48-25-13-9-21-38(48)42-29-27-40-36-19-7-11-23-46(36)68(58(40)60(42)70)34-15-3-1-4-16-34)45(33-67)57(44)71-49-26-14-10-22-39(49)43-30-28-41-37-20-8-12-24-47(37)69(59(41)61(43)71)35-17-5-2-6-18-35/h1-32H. The molecule has 0 aliphatic heterocycles. The minimum absolute atomic E-state index is 0.0708. The molecule has 0 saturated carbocycles. The van der Waals surface area contributed by atoms with Gasteiger partial charge in [0, 0.05) is 60.0 Å². The molecule has 0 aliphatic carbocycles. The molecule has 0 unspecified atom stereocenters. The molecule has 71 heavy (non-hydrogen) atoms. The van der Waals surface area contributed by atoms with Crippen molar-refractivity contribution in [3.8, 4) is 39.9 Å². The maximum Gasteiger partial charge on any atom is 0.200 e. The second kappa shape index (κ2) is 15.0. The Morgan fingerprint density at radius 3 is 1.07 bits per heavy atom. The number of benzene rings is 10. The van der Waals surface area contributed by atoms with Crippen molar-refractivity contribution in [1.29, 1.82) is 5.26 Å². The average Bonchev–Trinajstić information content (AvgIpc) is 4.15. The summed E-state index contributed by atoms with van der Waals surface area (Å²) in [5.74, 6) is -10.5. The van der Waals surface area contributed by atoms with Crippen LogP contribution >= 0.6 is 0 Å². The van der Waals surface area contributed by atoms with Crippen molar-refractivity contribution in [2.45, 2.75) is 0 Å². The van der Waals surface area contributed by atoms with Crippen molar-refractivity contribution >= 4 is 87.2 Å². The highest BCUT2D eigenvalue weighted by molar-refractivity contribution is 6.26. The summed E-state index contributed by atoms with van der Waals surface area (Å²) in [5, 5.41) is 18.9. The van der Waals surface area contributed by atoms with Gasteiger partial charge in [0.2, 0.25) is 5.82 Å². The molecule has 0 radical (unpaired) electrons. The molecule has 0 N–H and O–H groups in total. The van der Waals surface area contributed by atoms with Gasteiger partial charge in [0.1, 0.15) is 11.6 Å². The van der Waals surface area contributed by atoms with Crippen LogP contribution in [0.4, 0.5) is 22.0 Å². The zero-order chi connectivity index (χ0) is 47.8. The van der Waals surface area contributed by atoms with E-state index < -0.39 is 34.6 Å². The molecule has 0 amide bonds. The van der Waals surface area contributed by atoms with Crippen LogP contribution in [0.2, 0.25) is 0 Å². The summed E-state index contributed by atoms with van der Waals surface area (Å²) in [4.78, 5) is 0. The Bertz CT molecular complexity index is 4620.